The van der Waals surface area contributed by atoms with E-state index in [1.807, 2.05) is 39.0 Å². The monoisotopic (exact) mass is 511 g/mol. The minimum absolute atomic E-state index is 0.0612. The van der Waals surface area contributed by atoms with Gasteiger partial charge in [0.05, 0.1) is 0 Å². The van der Waals surface area contributed by atoms with E-state index in [0.717, 1.165) is 40.7 Å². The summed E-state index contributed by atoms with van der Waals surface area (Å²) < 4.78 is 4.89. The van der Waals surface area contributed by atoms with Crippen LogP contribution < -0.4 is 16.0 Å². The molecule has 1 saturated carbocycles. The SMILES string of the molecule is CCCSNc1ccc(-c2cc3cnc(N)nc3n(C(C)C)c2=O)c(C)n1.CN(C)C1CCCCC1. The Kier molecular flexibility index (Phi) is 10.1. The van der Waals surface area contributed by atoms with E-state index in [0.29, 0.717) is 11.2 Å². The molecule has 3 aromatic rings. The normalized spacial score (nSPS) is 14.2. The molecule has 0 aliphatic heterocycles. The highest BCUT2D eigenvalue weighted by Gasteiger charge is 2.17. The standard InChI is InChI=1S/C19H24N6OS.C8H17N/c1-5-8-27-24-16-7-6-14(12(4)22-16)15-9-13-10-21-19(20)23-17(13)25(11(2)3)18(15)26;1-9(2)8-6-4-3-5-7-8/h6-7,9-11H,5,8H2,1-4H3,(H,22,24)(H2,20,21,23);8H,3-7H2,1-2H3. The third-order valence-electron chi connectivity index (χ3n) is 6.47. The molecular weight excluding hydrogens is 470 g/mol. The van der Waals surface area contributed by atoms with E-state index in [-0.39, 0.29) is 17.5 Å². The molecule has 8 nitrogen and oxygen atoms in total. The Morgan fingerprint density at radius 2 is 1.89 bits per heavy atom. The van der Waals surface area contributed by atoms with Crippen molar-refractivity contribution in [3.63, 3.8) is 0 Å². The number of nitrogen functional groups attached to an aromatic ring is 1. The second-order valence-corrected chi connectivity index (χ2v) is 10.8. The number of aryl methyl sites for hydroxylation is 1. The molecule has 0 bridgehead atoms. The topological polar surface area (TPSA) is 102 Å². The van der Waals surface area contributed by atoms with E-state index in [2.05, 4.69) is 45.6 Å². The van der Waals surface area contributed by atoms with Crippen LogP contribution in [0.4, 0.5) is 11.8 Å². The maximum Gasteiger partial charge on any atom is 0.260 e. The number of nitrogens with one attached hydrogen (secondary N) is 1. The molecule has 0 aromatic carbocycles. The zero-order valence-corrected chi connectivity index (χ0v) is 23.4. The summed E-state index contributed by atoms with van der Waals surface area (Å²) in [5.41, 5.74) is 8.35. The van der Waals surface area contributed by atoms with Gasteiger partial charge in [0.25, 0.3) is 5.56 Å². The number of fused-ring (bicyclic) bond motifs is 1. The zero-order valence-electron chi connectivity index (χ0n) is 22.5. The van der Waals surface area contributed by atoms with Crippen molar-refractivity contribution in [1.29, 1.82) is 0 Å². The van der Waals surface area contributed by atoms with Crippen LogP contribution in [0.1, 0.15) is 71.0 Å². The predicted octanol–water partition coefficient (Wildman–Crippen LogP) is 5.68. The summed E-state index contributed by atoms with van der Waals surface area (Å²) in [5.74, 6) is 1.95. The first kappa shape index (κ1) is 27.9. The van der Waals surface area contributed by atoms with Crippen molar-refractivity contribution in [3.05, 3.63) is 40.4 Å². The van der Waals surface area contributed by atoms with E-state index in [1.165, 1.54) is 32.1 Å². The average molecular weight is 512 g/mol. The maximum absolute atomic E-state index is 13.2. The molecule has 3 N–H and O–H groups in total. The Bertz CT molecular complexity index is 1200. The second-order valence-electron chi connectivity index (χ2n) is 9.87. The van der Waals surface area contributed by atoms with Crippen molar-refractivity contribution >= 4 is 34.7 Å². The molecular formula is C27H41N7OS. The fraction of sp³-hybridized carbons (Fsp3) is 0.556. The largest absolute Gasteiger partial charge is 0.368 e. The average Bonchev–Trinajstić information content (AvgIpc) is 2.85. The van der Waals surface area contributed by atoms with Gasteiger partial charge in [0.15, 0.2) is 0 Å². The molecule has 4 rings (SSSR count). The number of aromatic nitrogens is 4. The fourth-order valence-electron chi connectivity index (χ4n) is 4.53. The van der Waals surface area contributed by atoms with E-state index >= 15 is 0 Å². The van der Waals surface area contributed by atoms with Gasteiger partial charge in [-0.05, 0) is 72.3 Å². The van der Waals surface area contributed by atoms with E-state index in [1.54, 1.807) is 22.7 Å². The van der Waals surface area contributed by atoms with Gasteiger partial charge in [0, 0.05) is 46.2 Å². The van der Waals surface area contributed by atoms with Crippen molar-refractivity contribution in [2.45, 2.75) is 78.3 Å². The molecule has 36 heavy (non-hydrogen) atoms. The van der Waals surface area contributed by atoms with Gasteiger partial charge in [0.1, 0.15) is 11.5 Å². The summed E-state index contributed by atoms with van der Waals surface area (Å²) >= 11 is 1.62. The zero-order chi connectivity index (χ0) is 26.2. The molecule has 196 valence electrons. The van der Waals surface area contributed by atoms with E-state index in [9.17, 15) is 4.79 Å². The summed E-state index contributed by atoms with van der Waals surface area (Å²) in [4.78, 5) is 28.5. The van der Waals surface area contributed by atoms with Crippen molar-refractivity contribution in [3.8, 4) is 11.1 Å². The molecule has 0 radical (unpaired) electrons. The van der Waals surface area contributed by atoms with Crippen LogP contribution >= 0.6 is 11.9 Å². The summed E-state index contributed by atoms with van der Waals surface area (Å²) in [5, 5.41) is 0.771. The Labute approximate surface area is 219 Å². The van der Waals surface area contributed by atoms with Crippen LogP contribution in [0, 0.1) is 6.92 Å². The lowest BCUT2D eigenvalue weighted by Crippen LogP contribution is -2.29. The third-order valence-corrected chi connectivity index (χ3v) is 7.44. The van der Waals surface area contributed by atoms with Crippen LogP contribution in [0.15, 0.2) is 29.2 Å². The summed E-state index contributed by atoms with van der Waals surface area (Å²) in [6.07, 6.45) is 9.95. The first-order valence-electron chi connectivity index (χ1n) is 12.9. The number of hydrogen-bond acceptors (Lipinski definition) is 8. The van der Waals surface area contributed by atoms with Crippen LogP contribution in [0.2, 0.25) is 0 Å². The van der Waals surface area contributed by atoms with Gasteiger partial charge < -0.3 is 15.4 Å². The lowest BCUT2D eigenvalue weighted by Gasteiger charge is -2.27. The summed E-state index contributed by atoms with van der Waals surface area (Å²) in [6, 6.07) is 6.47. The van der Waals surface area contributed by atoms with Gasteiger partial charge >= 0.3 is 0 Å². The number of nitrogens with two attached hydrogens (primary N) is 1. The summed E-state index contributed by atoms with van der Waals surface area (Å²) in [6.45, 7) is 7.94. The van der Waals surface area contributed by atoms with Crippen molar-refractivity contribution in [2.24, 2.45) is 0 Å². The molecule has 0 spiro atoms. The van der Waals surface area contributed by atoms with E-state index < -0.39 is 0 Å². The lowest BCUT2D eigenvalue weighted by atomic mass is 9.95. The quantitative estimate of drug-likeness (QED) is 0.309. The number of hydrogen-bond donors (Lipinski definition) is 2. The van der Waals surface area contributed by atoms with Crippen LogP contribution in [0.3, 0.4) is 0 Å². The molecule has 0 saturated heterocycles. The van der Waals surface area contributed by atoms with Crippen LogP contribution in [0.5, 0.6) is 0 Å². The smallest absolute Gasteiger partial charge is 0.260 e. The molecule has 0 amide bonds. The first-order valence-corrected chi connectivity index (χ1v) is 13.9. The Morgan fingerprint density at radius 3 is 2.47 bits per heavy atom. The van der Waals surface area contributed by atoms with Crippen molar-refractivity contribution in [1.82, 2.24) is 24.4 Å². The number of nitrogens with zero attached hydrogens (tertiary/aromatic N) is 5. The van der Waals surface area contributed by atoms with E-state index in [4.69, 9.17) is 5.73 Å². The second kappa shape index (κ2) is 13.1. The molecule has 1 aliphatic rings. The minimum atomic E-state index is -0.110. The first-order chi connectivity index (χ1) is 17.2. The highest BCUT2D eigenvalue weighted by Crippen LogP contribution is 2.26. The van der Waals surface area contributed by atoms with Gasteiger partial charge in [-0.2, -0.15) is 4.98 Å². The Balaban J connectivity index is 0.000000338. The maximum atomic E-state index is 13.2. The van der Waals surface area contributed by atoms with Crippen molar-refractivity contribution in [2.75, 3.05) is 30.3 Å². The fourth-order valence-corrected chi connectivity index (χ4v) is 5.10. The highest BCUT2D eigenvalue weighted by atomic mass is 32.2. The van der Waals surface area contributed by atoms with Crippen molar-refractivity contribution < 1.29 is 0 Å². The molecule has 3 heterocycles. The minimum Gasteiger partial charge on any atom is -0.368 e. The van der Waals surface area contributed by atoms with Crippen LogP contribution in [0.25, 0.3) is 22.2 Å². The number of rotatable bonds is 7. The molecule has 1 aliphatic carbocycles. The number of anilines is 2. The summed E-state index contributed by atoms with van der Waals surface area (Å²) in [7, 11) is 4.38. The van der Waals surface area contributed by atoms with Crippen LogP contribution in [-0.2, 0) is 0 Å². The van der Waals surface area contributed by atoms with Crippen LogP contribution in [-0.4, -0.2) is 50.3 Å². The predicted molar refractivity (Wildman–Crippen MR) is 153 cm³/mol. The molecule has 0 atom stereocenters. The van der Waals surface area contributed by atoms with Gasteiger partial charge in [-0.15, -0.1) is 0 Å². The van der Waals surface area contributed by atoms with Gasteiger partial charge in [-0.25, -0.2) is 9.97 Å². The Morgan fingerprint density at radius 1 is 1.17 bits per heavy atom. The third kappa shape index (κ3) is 6.97. The van der Waals surface area contributed by atoms with Gasteiger partial charge in [0.2, 0.25) is 5.95 Å². The van der Waals surface area contributed by atoms with Gasteiger partial charge in [-0.1, -0.05) is 38.1 Å². The molecule has 9 heteroatoms. The number of pyridine rings is 2. The van der Waals surface area contributed by atoms with Gasteiger partial charge in [-0.3, -0.25) is 9.36 Å². The molecule has 3 aromatic heterocycles. The molecule has 1 fully saturated rings. The lowest BCUT2D eigenvalue weighted by molar-refractivity contribution is 0.229. The Hall–Kier alpha value is -2.65. The highest BCUT2D eigenvalue weighted by molar-refractivity contribution is 8.00. The molecule has 0 unspecified atom stereocenters.